The van der Waals surface area contributed by atoms with Crippen molar-refractivity contribution in [2.75, 3.05) is 0 Å². The zero-order valence-electron chi connectivity index (χ0n) is 5.67. The van der Waals surface area contributed by atoms with Crippen LogP contribution in [0.3, 0.4) is 0 Å². The topological polar surface area (TPSA) is 12.9 Å². The lowest BCUT2D eigenvalue weighted by Crippen LogP contribution is -1.82. The van der Waals surface area contributed by atoms with Crippen LogP contribution in [0.4, 0.5) is 0 Å². The molecular formula is C7H9Br2N. The first-order chi connectivity index (χ1) is 4.34. The third kappa shape index (κ3) is 2.39. The van der Waals surface area contributed by atoms with Crippen LogP contribution in [0.5, 0.6) is 0 Å². The maximum atomic E-state index is 3.99. The Hall–Kier alpha value is 0.110. The second kappa shape index (κ2) is 4.85. The van der Waals surface area contributed by atoms with E-state index in [4.69, 9.17) is 0 Å². The van der Waals surface area contributed by atoms with Gasteiger partial charge in [0.25, 0.3) is 0 Å². The van der Waals surface area contributed by atoms with Crippen molar-refractivity contribution in [2.45, 2.75) is 13.3 Å². The smallest absolute Gasteiger partial charge is 0.0311 e. The van der Waals surface area contributed by atoms with Crippen molar-refractivity contribution in [3.8, 4) is 0 Å². The molecule has 3 heteroatoms. The summed E-state index contributed by atoms with van der Waals surface area (Å²) in [5.41, 5.74) is 1.26. The third-order valence-electron chi connectivity index (χ3n) is 1.22. The van der Waals surface area contributed by atoms with Gasteiger partial charge in [-0.05, 0) is 18.1 Å². The largest absolute Gasteiger partial charge is 0.264 e. The third-order valence-corrected chi connectivity index (χ3v) is 2.00. The molecule has 0 aliphatic carbocycles. The van der Waals surface area contributed by atoms with Gasteiger partial charge in [-0.3, -0.25) is 4.98 Å². The number of pyridine rings is 1. The fraction of sp³-hybridized carbons (Fsp3) is 0.286. The summed E-state index contributed by atoms with van der Waals surface area (Å²) in [7, 11) is 0. The van der Waals surface area contributed by atoms with E-state index in [-0.39, 0.29) is 17.0 Å². The van der Waals surface area contributed by atoms with Crippen LogP contribution >= 0.6 is 32.9 Å². The molecule has 1 aromatic heterocycles. The molecule has 0 radical (unpaired) electrons. The number of nitrogens with zero attached hydrogens (tertiary/aromatic N) is 1. The van der Waals surface area contributed by atoms with Crippen LogP contribution in [0.1, 0.15) is 12.5 Å². The molecule has 0 aliphatic heterocycles. The van der Waals surface area contributed by atoms with Crippen molar-refractivity contribution < 1.29 is 0 Å². The average Bonchev–Trinajstić information content (AvgIpc) is 1.89. The van der Waals surface area contributed by atoms with Gasteiger partial charge in [-0.25, -0.2) is 0 Å². The molecular weight excluding hydrogens is 258 g/mol. The van der Waals surface area contributed by atoms with Gasteiger partial charge in [0.05, 0.1) is 0 Å². The normalized spacial score (nSPS) is 8.60. The predicted octanol–water partition coefficient (Wildman–Crippen LogP) is 2.98. The van der Waals surface area contributed by atoms with Crippen LogP contribution in [0.25, 0.3) is 0 Å². The van der Waals surface area contributed by atoms with Crippen molar-refractivity contribution in [1.29, 1.82) is 0 Å². The summed E-state index contributed by atoms with van der Waals surface area (Å²) in [6.45, 7) is 2.11. The van der Waals surface area contributed by atoms with Gasteiger partial charge in [-0.1, -0.05) is 22.9 Å². The second-order valence-corrected chi connectivity index (χ2v) is 2.67. The van der Waals surface area contributed by atoms with Crippen molar-refractivity contribution in [1.82, 2.24) is 4.98 Å². The monoisotopic (exact) mass is 265 g/mol. The Labute approximate surface area is 79.8 Å². The van der Waals surface area contributed by atoms with E-state index in [2.05, 4.69) is 27.8 Å². The maximum Gasteiger partial charge on any atom is 0.0311 e. The van der Waals surface area contributed by atoms with Crippen LogP contribution in [-0.4, -0.2) is 4.98 Å². The molecule has 1 nitrogen and oxygen atoms in total. The van der Waals surface area contributed by atoms with Crippen LogP contribution in [0.15, 0.2) is 22.9 Å². The van der Waals surface area contributed by atoms with Gasteiger partial charge in [0.1, 0.15) is 0 Å². The lowest BCUT2D eigenvalue weighted by atomic mass is 10.2. The Morgan fingerprint density at radius 1 is 1.60 bits per heavy atom. The minimum Gasteiger partial charge on any atom is -0.264 e. The summed E-state index contributed by atoms with van der Waals surface area (Å²) in [4.78, 5) is 3.99. The van der Waals surface area contributed by atoms with Crippen LogP contribution in [0, 0.1) is 0 Å². The predicted molar refractivity (Wildman–Crippen MR) is 51.6 cm³/mol. The van der Waals surface area contributed by atoms with Gasteiger partial charge in [0.15, 0.2) is 0 Å². The van der Waals surface area contributed by atoms with Gasteiger partial charge in [-0.2, -0.15) is 0 Å². The summed E-state index contributed by atoms with van der Waals surface area (Å²) in [5, 5.41) is 0. The minimum atomic E-state index is 0. The molecule has 10 heavy (non-hydrogen) atoms. The Morgan fingerprint density at radius 2 is 2.30 bits per heavy atom. The Bertz CT molecular complexity index is 201. The molecule has 0 N–H and O–H groups in total. The van der Waals surface area contributed by atoms with E-state index in [9.17, 15) is 0 Å². The summed E-state index contributed by atoms with van der Waals surface area (Å²) in [6.07, 6.45) is 4.70. The highest BCUT2D eigenvalue weighted by atomic mass is 79.9. The Morgan fingerprint density at radius 3 is 2.70 bits per heavy atom. The number of aryl methyl sites for hydroxylation is 1. The van der Waals surface area contributed by atoms with E-state index in [0.717, 1.165) is 10.9 Å². The first kappa shape index (κ1) is 10.1. The molecule has 0 saturated heterocycles. The standard InChI is InChI=1S/C7H8BrN.BrH/c1-2-6-5-9-4-3-7(6)8;/h3-5H,2H2,1H3;1H. The fourth-order valence-electron chi connectivity index (χ4n) is 0.670. The van der Waals surface area contributed by atoms with Crippen molar-refractivity contribution in [2.24, 2.45) is 0 Å². The average molecular weight is 267 g/mol. The quantitative estimate of drug-likeness (QED) is 0.762. The molecule has 0 saturated carbocycles. The zero-order valence-corrected chi connectivity index (χ0v) is 8.97. The Balaban J connectivity index is 0.000000810. The van der Waals surface area contributed by atoms with Crippen molar-refractivity contribution in [3.05, 3.63) is 28.5 Å². The second-order valence-electron chi connectivity index (χ2n) is 1.82. The van der Waals surface area contributed by atoms with Crippen LogP contribution in [-0.2, 0) is 6.42 Å². The number of hydrogen-bond acceptors (Lipinski definition) is 1. The summed E-state index contributed by atoms with van der Waals surface area (Å²) in [6, 6.07) is 1.96. The lowest BCUT2D eigenvalue weighted by Gasteiger charge is -1.95. The van der Waals surface area contributed by atoms with Crippen LogP contribution in [0.2, 0.25) is 0 Å². The maximum absolute atomic E-state index is 3.99. The van der Waals surface area contributed by atoms with Gasteiger partial charge in [-0.15, -0.1) is 17.0 Å². The zero-order chi connectivity index (χ0) is 6.69. The van der Waals surface area contributed by atoms with Gasteiger partial charge in [0.2, 0.25) is 0 Å². The number of hydrogen-bond donors (Lipinski definition) is 0. The number of aromatic nitrogens is 1. The summed E-state index contributed by atoms with van der Waals surface area (Å²) < 4.78 is 1.15. The molecule has 56 valence electrons. The molecule has 1 heterocycles. The highest BCUT2D eigenvalue weighted by molar-refractivity contribution is 9.10. The van der Waals surface area contributed by atoms with E-state index in [1.54, 1.807) is 6.20 Å². The Kier molecular flexibility index (Phi) is 4.91. The molecule has 0 spiro atoms. The SMILES string of the molecule is Br.CCc1cnccc1Br. The van der Waals surface area contributed by atoms with Crippen molar-refractivity contribution in [3.63, 3.8) is 0 Å². The number of halogens is 2. The number of rotatable bonds is 1. The molecule has 0 bridgehead atoms. The first-order valence-electron chi connectivity index (χ1n) is 2.93. The highest BCUT2D eigenvalue weighted by Crippen LogP contribution is 2.13. The minimum absolute atomic E-state index is 0. The molecule has 0 unspecified atom stereocenters. The van der Waals surface area contributed by atoms with E-state index < -0.39 is 0 Å². The first-order valence-corrected chi connectivity index (χ1v) is 3.72. The van der Waals surface area contributed by atoms with Crippen LogP contribution < -0.4 is 0 Å². The van der Waals surface area contributed by atoms with E-state index in [1.807, 2.05) is 12.3 Å². The molecule has 0 aromatic carbocycles. The molecule has 0 fully saturated rings. The highest BCUT2D eigenvalue weighted by Gasteiger charge is 1.92. The van der Waals surface area contributed by atoms with E-state index in [1.165, 1.54) is 5.56 Å². The molecule has 0 aliphatic rings. The molecule has 0 amide bonds. The molecule has 0 atom stereocenters. The lowest BCUT2D eigenvalue weighted by molar-refractivity contribution is 1.09. The van der Waals surface area contributed by atoms with E-state index in [0.29, 0.717) is 0 Å². The van der Waals surface area contributed by atoms with Gasteiger partial charge >= 0.3 is 0 Å². The summed E-state index contributed by atoms with van der Waals surface area (Å²) in [5.74, 6) is 0. The fourth-order valence-corrected chi connectivity index (χ4v) is 1.17. The van der Waals surface area contributed by atoms with E-state index >= 15 is 0 Å². The van der Waals surface area contributed by atoms with Gasteiger partial charge in [0, 0.05) is 16.9 Å². The molecule has 1 aromatic rings. The van der Waals surface area contributed by atoms with Gasteiger partial charge < -0.3 is 0 Å². The summed E-state index contributed by atoms with van der Waals surface area (Å²) >= 11 is 3.42. The molecule has 1 rings (SSSR count). The van der Waals surface area contributed by atoms with Crippen molar-refractivity contribution >= 4 is 32.9 Å².